The van der Waals surface area contributed by atoms with Crippen molar-refractivity contribution in [1.29, 1.82) is 0 Å². The molecule has 0 atom stereocenters. The lowest BCUT2D eigenvalue weighted by Crippen LogP contribution is -2.02. The molecule has 1 aromatic rings. The second-order valence-corrected chi connectivity index (χ2v) is 4.69. The average Bonchev–Trinajstić information content (AvgIpc) is 2.26. The van der Waals surface area contributed by atoms with E-state index < -0.39 is 0 Å². The fourth-order valence-electron chi connectivity index (χ4n) is 1.27. The van der Waals surface area contributed by atoms with Crippen molar-refractivity contribution in [2.45, 2.75) is 25.7 Å². The van der Waals surface area contributed by atoms with Crippen molar-refractivity contribution < 1.29 is 0 Å². The summed E-state index contributed by atoms with van der Waals surface area (Å²) in [7, 11) is 0. The molecule has 0 aliphatic carbocycles. The van der Waals surface area contributed by atoms with Gasteiger partial charge in [-0.1, -0.05) is 12.8 Å². The molecule has 0 spiro atoms. The van der Waals surface area contributed by atoms with Crippen molar-refractivity contribution in [3.8, 4) is 0 Å². The first-order valence-corrected chi connectivity index (χ1v) is 6.57. The van der Waals surface area contributed by atoms with Gasteiger partial charge < -0.3 is 5.32 Å². The highest BCUT2D eigenvalue weighted by Crippen LogP contribution is 2.10. The predicted molar refractivity (Wildman–Crippen MR) is 69.6 cm³/mol. The van der Waals surface area contributed by atoms with Crippen LogP contribution >= 0.6 is 27.5 Å². The highest BCUT2D eigenvalue weighted by molar-refractivity contribution is 9.10. The van der Waals surface area contributed by atoms with Crippen LogP contribution in [0.5, 0.6) is 0 Å². The van der Waals surface area contributed by atoms with Gasteiger partial charge in [0.25, 0.3) is 0 Å². The normalized spacial score (nSPS) is 10.3. The minimum absolute atomic E-state index is 0.779. The number of rotatable bonds is 7. The van der Waals surface area contributed by atoms with Crippen LogP contribution in [0.25, 0.3) is 0 Å². The molecule has 0 saturated heterocycles. The second kappa shape index (κ2) is 7.94. The number of unbranched alkanes of at least 4 members (excludes halogenated alkanes) is 3. The van der Waals surface area contributed by atoms with Gasteiger partial charge >= 0.3 is 0 Å². The van der Waals surface area contributed by atoms with Crippen LogP contribution in [0.3, 0.4) is 0 Å². The highest BCUT2D eigenvalue weighted by Gasteiger charge is 1.93. The maximum atomic E-state index is 5.59. The molecular formula is C11H16BrClN2. The van der Waals surface area contributed by atoms with Crippen molar-refractivity contribution in [3.63, 3.8) is 0 Å². The first-order valence-electron chi connectivity index (χ1n) is 5.24. The number of hydrogen-bond acceptors (Lipinski definition) is 2. The molecule has 0 radical (unpaired) electrons. The Hall–Kier alpha value is -0.280. The highest BCUT2D eigenvalue weighted by atomic mass is 79.9. The van der Waals surface area contributed by atoms with Crippen LogP contribution in [0.2, 0.25) is 0 Å². The van der Waals surface area contributed by atoms with E-state index in [1.807, 2.05) is 12.1 Å². The summed E-state index contributed by atoms with van der Waals surface area (Å²) in [6, 6.07) is 3.96. The topological polar surface area (TPSA) is 24.9 Å². The second-order valence-electron chi connectivity index (χ2n) is 3.39. The van der Waals surface area contributed by atoms with Gasteiger partial charge in [0, 0.05) is 23.1 Å². The van der Waals surface area contributed by atoms with Crippen molar-refractivity contribution in [1.82, 2.24) is 4.98 Å². The van der Waals surface area contributed by atoms with Gasteiger partial charge in [-0.05, 0) is 40.9 Å². The van der Waals surface area contributed by atoms with Crippen LogP contribution in [0.1, 0.15) is 25.7 Å². The first kappa shape index (κ1) is 12.8. The number of halogens is 2. The largest absolute Gasteiger partial charge is 0.370 e. The molecule has 0 aromatic carbocycles. The maximum absolute atomic E-state index is 5.59. The number of alkyl halides is 1. The summed E-state index contributed by atoms with van der Waals surface area (Å²) in [6.45, 7) is 0.983. The average molecular weight is 292 g/mol. The lowest BCUT2D eigenvalue weighted by molar-refractivity contribution is 0.687. The zero-order valence-electron chi connectivity index (χ0n) is 8.68. The minimum atomic E-state index is 0.779. The zero-order valence-corrected chi connectivity index (χ0v) is 11.0. The van der Waals surface area contributed by atoms with Crippen LogP contribution in [-0.4, -0.2) is 17.4 Å². The first-order chi connectivity index (χ1) is 7.33. The number of pyridine rings is 1. The smallest absolute Gasteiger partial charge is 0.125 e. The monoisotopic (exact) mass is 290 g/mol. The van der Waals surface area contributed by atoms with Gasteiger partial charge in [-0.15, -0.1) is 11.6 Å². The number of aromatic nitrogens is 1. The summed E-state index contributed by atoms with van der Waals surface area (Å²) in [5.74, 6) is 1.72. The van der Waals surface area contributed by atoms with Gasteiger partial charge in [-0.2, -0.15) is 0 Å². The molecule has 2 nitrogen and oxygen atoms in total. The fourth-order valence-corrected chi connectivity index (χ4v) is 1.69. The molecule has 0 fully saturated rings. The number of nitrogens with one attached hydrogen (secondary N) is 1. The molecule has 84 valence electrons. The molecule has 4 heteroatoms. The Morgan fingerprint density at radius 2 is 2.00 bits per heavy atom. The van der Waals surface area contributed by atoms with Crippen LogP contribution in [0.4, 0.5) is 5.82 Å². The van der Waals surface area contributed by atoms with Gasteiger partial charge in [0.2, 0.25) is 0 Å². The molecule has 1 N–H and O–H groups in total. The molecule has 0 aliphatic heterocycles. The van der Waals surface area contributed by atoms with Crippen molar-refractivity contribution in [2.24, 2.45) is 0 Å². The minimum Gasteiger partial charge on any atom is -0.370 e. The predicted octanol–water partition coefficient (Wildman–Crippen LogP) is 4.06. The Morgan fingerprint density at radius 1 is 1.20 bits per heavy atom. The molecule has 0 bridgehead atoms. The van der Waals surface area contributed by atoms with E-state index in [2.05, 4.69) is 26.2 Å². The standard InChI is InChI=1S/C11H16BrClN2/c12-10-5-6-11(15-9-10)14-8-4-2-1-3-7-13/h5-6,9H,1-4,7-8H2,(H,14,15). The molecule has 0 saturated carbocycles. The van der Waals surface area contributed by atoms with E-state index >= 15 is 0 Å². The molecule has 15 heavy (non-hydrogen) atoms. The van der Waals surface area contributed by atoms with E-state index in [0.29, 0.717) is 0 Å². The third-order valence-corrected chi connectivity index (χ3v) is 2.83. The molecule has 1 aromatic heterocycles. The molecular weight excluding hydrogens is 275 g/mol. The zero-order chi connectivity index (χ0) is 10.9. The third kappa shape index (κ3) is 6.00. The van der Waals surface area contributed by atoms with Crippen molar-refractivity contribution in [3.05, 3.63) is 22.8 Å². The Bertz CT molecular complexity index is 264. The summed E-state index contributed by atoms with van der Waals surface area (Å²) in [5.41, 5.74) is 0. The summed E-state index contributed by atoms with van der Waals surface area (Å²) >= 11 is 8.95. The maximum Gasteiger partial charge on any atom is 0.125 e. The Morgan fingerprint density at radius 3 is 2.67 bits per heavy atom. The summed E-state index contributed by atoms with van der Waals surface area (Å²) in [6.07, 6.45) is 6.55. The van der Waals surface area contributed by atoms with E-state index in [-0.39, 0.29) is 0 Å². The summed E-state index contributed by atoms with van der Waals surface area (Å²) < 4.78 is 1.01. The lowest BCUT2D eigenvalue weighted by Gasteiger charge is -2.04. The van der Waals surface area contributed by atoms with Gasteiger partial charge in [-0.25, -0.2) is 4.98 Å². The SMILES string of the molecule is ClCCCCCCNc1ccc(Br)cn1. The van der Waals surface area contributed by atoms with Gasteiger partial charge in [0.05, 0.1) is 0 Å². The summed E-state index contributed by atoms with van der Waals surface area (Å²) in [4.78, 5) is 4.23. The van der Waals surface area contributed by atoms with Crippen LogP contribution < -0.4 is 5.32 Å². The van der Waals surface area contributed by atoms with Crippen molar-refractivity contribution in [2.75, 3.05) is 17.7 Å². The third-order valence-electron chi connectivity index (χ3n) is 2.09. The number of hydrogen-bond donors (Lipinski definition) is 1. The molecule has 0 amide bonds. The quantitative estimate of drug-likeness (QED) is 0.605. The van der Waals surface area contributed by atoms with E-state index in [1.165, 1.54) is 19.3 Å². The van der Waals surface area contributed by atoms with E-state index in [9.17, 15) is 0 Å². The van der Waals surface area contributed by atoms with Crippen LogP contribution in [-0.2, 0) is 0 Å². The molecule has 0 unspecified atom stereocenters. The molecule has 1 heterocycles. The van der Waals surface area contributed by atoms with Gasteiger partial charge in [-0.3, -0.25) is 0 Å². The fraction of sp³-hybridized carbons (Fsp3) is 0.545. The van der Waals surface area contributed by atoms with Crippen molar-refractivity contribution >= 4 is 33.3 Å². The van der Waals surface area contributed by atoms with Gasteiger partial charge in [0.1, 0.15) is 5.82 Å². The van der Waals surface area contributed by atoms with E-state index in [4.69, 9.17) is 11.6 Å². The Balaban J connectivity index is 2.07. The number of nitrogens with zero attached hydrogens (tertiary/aromatic N) is 1. The van der Waals surface area contributed by atoms with Crippen LogP contribution in [0, 0.1) is 0 Å². The summed E-state index contributed by atoms with van der Waals surface area (Å²) in [5, 5.41) is 3.28. The van der Waals surface area contributed by atoms with Crippen LogP contribution in [0.15, 0.2) is 22.8 Å². The number of anilines is 1. The lowest BCUT2D eigenvalue weighted by atomic mass is 10.2. The van der Waals surface area contributed by atoms with E-state index in [0.717, 1.165) is 29.1 Å². The van der Waals surface area contributed by atoms with E-state index in [1.54, 1.807) is 6.20 Å². The van der Waals surface area contributed by atoms with Gasteiger partial charge in [0.15, 0.2) is 0 Å². The Labute approximate surface area is 105 Å². The Kier molecular flexibility index (Phi) is 6.77. The molecule has 0 aliphatic rings. The molecule has 1 rings (SSSR count).